The van der Waals surface area contributed by atoms with Crippen molar-refractivity contribution in [2.45, 2.75) is 85.2 Å². The predicted molar refractivity (Wildman–Crippen MR) is 119 cm³/mol. The fraction of sp³-hybridized carbons (Fsp3) is 0.609. The lowest BCUT2D eigenvalue weighted by Crippen LogP contribution is -2.46. The first-order chi connectivity index (χ1) is 14.4. The Hall–Kier alpha value is -2.77. The average molecular weight is 437 g/mol. The van der Waals surface area contributed by atoms with E-state index in [1.54, 1.807) is 48.5 Å². The largest absolute Gasteiger partial charge is 0.479 e. The maximum absolute atomic E-state index is 12.5. The fourth-order valence-electron chi connectivity index (χ4n) is 2.38. The van der Waals surface area contributed by atoms with Crippen LogP contribution in [-0.4, -0.2) is 41.8 Å². The van der Waals surface area contributed by atoms with Gasteiger partial charge in [-0.3, -0.25) is 0 Å². The number of nitrogens with one attached hydrogen (secondary N) is 1. The van der Waals surface area contributed by atoms with Crippen molar-refractivity contribution in [1.82, 2.24) is 5.32 Å². The molecule has 174 valence electrons. The van der Waals surface area contributed by atoms with E-state index in [1.165, 1.54) is 0 Å². The van der Waals surface area contributed by atoms with E-state index in [2.05, 4.69) is 10.5 Å². The maximum Gasteiger partial charge on any atom is 0.408 e. The Morgan fingerprint density at radius 1 is 1.00 bits per heavy atom. The topological polar surface area (TPSA) is 95.5 Å². The van der Waals surface area contributed by atoms with Crippen molar-refractivity contribution in [3.05, 3.63) is 35.9 Å². The number of oxime groups is 1. The molecule has 31 heavy (non-hydrogen) atoms. The van der Waals surface area contributed by atoms with Crippen LogP contribution < -0.4 is 5.32 Å². The Labute approximate surface area is 185 Å². The molecule has 0 spiro atoms. The monoisotopic (exact) mass is 436 g/mol. The van der Waals surface area contributed by atoms with Gasteiger partial charge in [-0.25, -0.2) is 9.59 Å². The first kappa shape index (κ1) is 26.3. The van der Waals surface area contributed by atoms with Crippen LogP contribution >= 0.6 is 0 Å². The molecule has 0 aliphatic rings. The Balaban J connectivity index is 2.50. The van der Waals surface area contributed by atoms with Crippen molar-refractivity contribution in [3.63, 3.8) is 0 Å². The van der Waals surface area contributed by atoms with E-state index in [-0.39, 0.29) is 0 Å². The van der Waals surface area contributed by atoms with Gasteiger partial charge in [-0.05, 0) is 59.9 Å². The average Bonchev–Trinajstić information content (AvgIpc) is 2.62. The van der Waals surface area contributed by atoms with Gasteiger partial charge in [0.25, 0.3) is 0 Å². The minimum absolute atomic E-state index is 0.305. The lowest BCUT2D eigenvalue weighted by molar-refractivity contribution is -0.157. The molecule has 1 amide bonds. The van der Waals surface area contributed by atoms with Gasteiger partial charge in [-0.1, -0.05) is 35.5 Å². The SMILES string of the molecule is C/C(=N/OCc1ccccc1)OCCC[C@H](NC(=O)OC(C)(C)C)C(=O)OC(C)(C)C. The smallest absolute Gasteiger partial charge is 0.408 e. The highest BCUT2D eigenvalue weighted by Gasteiger charge is 2.28. The molecule has 0 bridgehead atoms. The van der Waals surface area contributed by atoms with Crippen LogP contribution in [0.15, 0.2) is 35.5 Å². The molecule has 0 radical (unpaired) electrons. The minimum atomic E-state index is -0.843. The van der Waals surface area contributed by atoms with Crippen molar-refractivity contribution < 1.29 is 28.6 Å². The van der Waals surface area contributed by atoms with Crippen molar-refractivity contribution in [3.8, 4) is 0 Å². The van der Waals surface area contributed by atoms with E-state index in [4.69, 9.17) is 19.0 Å². The quantitative estimate of drug-likeness (QED) is 0.200. The van der Waals surface area contributed by atoms with Crippen LogP contribution in [0.1, 0.15) is 66.9 Å². The van der Waals surface area contributed by atoms with Gasteiger partial charge in [0.05, 0.1) is 6.61 Å². The maximum atomic E-state index is 12.5. The second kappa shape index (κ2) is 12.2. The number of hydrogen-bond donors (Lipinski definition) is 1. The molecule has 8 heteroatoms. The third kappa shape index (κ3) is 13.2. The van der Waals surface area contributed by atoms with Gasteiger partial charge >= 0.3 is 12.1 Å². The van der Waals surface area contributed by atoms with Gasteiger partial charge in [0.15, 0.2) is 0 Å². The van der Waals surface area contributed by atoms with E-state index in [0.717, 1.165) is 5.56 Å². The summed E-state index contributed by atoms with van der Waals surface area (Å²) in [6.45, 7) is 12.9. The van der Waals surface area contributed by atoms with Crippen LogP contribution in [0.5, 0.6) is 0 Å². The number of amides is 1. The Bertz CT molecular complexity index is 720. The highest BCUT2D eigenvalue weighted by molar-refractivity contribution is 5.81. The van der Waals surface area contributed by atoms with E-state index in [9.17, 15) is 9.59 Å². The Morgan fingerprint density at radius 3 is 2.19 bits per heavy atom. The summed E-state index contributed by atoms with van der Waals surface area (Å²) in [6, 6.07) is 8.84. The standard InChI is InChI=1S/C23H36N2O6/c1-17(25-29-16-18-12-9-8-10-13-18)28-15-11-14-19(20(26)30-22(2,3)4)24-21(27)31-23(5,6)7/h8-10,12-13,19H,11,14-16H2,1-7H3,(H,24,27)/b25-17-/t19-/m0/s1. The van der Waals surface area contributed by atoms with Crippen LogP contribution in [-0.2, 0) is 30.4 Å². The number of alkyl carbamates (subject to hydrolysis) is 1. The Morgan fingerprint density at radius 2 is 1.61 bits per heavy atom. The number of carbonyl (C=O) groups is 2. The van der Waals surface area contributed by atoms with Crippen molar-refractivity contribution >= 4 is 18.0 Å². The van der Waals surface area contributed by atoms with Crippen molar-refractivity contribution in [1.29, 1.82) is 0 Å². The summed E-state index contributed by atoms with van der Waals surface area (Å²) in [7, 11) is 0. The van der Waals surface area contributed by atoms with Gasteiger partial charge < -0.3 is 24.4 Å². The van der Waals surface area contributed by atoms with Gasteiger partial charge in [0.1, 0.15) is 23.9 Å². The number of hydrogen-bond acceptors (Lipinski definition) is 7. The first-order valence-corrected chi connectivity index (χ1v) is 10.4. The summed E-state index contributed by atoms with van der Waals surface area (Å²) < 4.78 is 16.2. The molecule has 1 N–H and O–H groups in total. The summed E-state index contributed by atoms with van der Waals surface area (Å²) in [5.41, 5.74) is -0.327. The lowest BCUT2D eigenvalue weighted by Gasteiger charge is -2.26. The molecule has 8 nitrogen and oxygen atoms in total. The molecule has 0 saturated carbocycles. The summed E-state index contributed by atoms with van der Waals surface area (Å²) in [6.07, 6.45) is 0.147. The second-order valence-corrected chi connectivity index (χ2v) is 9.09. The van der Waals surface area contributed by atoms with E-state index < -0.39 is 29.3 Å². The van der Waals surface area contributed by atoms with E-state index in [0.29, 0.717) is 32.0 Å². The highest BCUT2D eigenvalue weighted by Crippen LogP contribution is 2.13. The van der Waals surface area contributed by atoms with E-state index in [1.807, 2.05) is 30.3 Å². The normalized spacial score (nSPS) is 13.2. The van der Waals surface area contributed by atoms with Gasteiger partial charge in [0, 0.05) is 6.92 Å². The molecule has 0 aliphatic carbocycles. The number of carbonyl (C=O) groups excluding carboxylic acids is 2. The van der Waals surface area contributed by atoms with Crippen molar-refractivity contribution in [2.24, 2.45) is 5.16 Å². The third-order valence-corrected chi connectivity index (χ3v) is 3.60. The second-order valence-electron chi connectivity index (χ2n) is 9.09. The van der Waals surface area contributed by atoms with Crippen LogP contribution in [0.2, 0.25) is 0 Å². The zero-order valence-electron chi connectivity index (χ0n) is 19.7. The number of nitrogens with zero attached hydrogens (tertiary/aromatic N) is 1. The molecule has 0 heterocycles. The molecule has 0 saturated heterocycles. The zero-order valence-corrected chi connectivity index (χ0v) is 19.7. The molecule has 1 aromatic carbocycles. The Kier molecular flexibility index (Phi) is 10.3. The van der Waals surface area contributed by atoms with Crippen LogP contribution in [0, 0.1) is 0 Å². The highest BCUT2D eigenvalue weighted by atomic mass is 16.6. The summed E-state index contributed by atoms with van der Waals surface area (Å²) in [5, 5.41) is 6.51. The summed E-state index contributed by atoms with van der Waals surface area (Å²) in [5.74, 6) is -0.139. The third-order valence-electron chi connectivity index (χ3n) is 3.60. The first-order valence-electron chi connectivity index (χ1n) is 10.4. The van der Waals surface area contributed by atoms with Crippen LogP contribution in [0.3, 0.4) is 0 Å². The summed E-state index contributed by atoms with van der Waals surface area (Å²) >= 11 is 0. The van der Waals surface area contributed by atoms with Gasteiger partial charge in [-0.15, -0.1) is 0 Å². The lowest BCUT2D eigenvalue weighted by atomic mass is 10.1. The molecule has 0 aromatic heterocycles. The number of esters is 1. The number of ether oxygens (including phenoxy) is 3. The fourth-order valence-corrected chi connectivity index (χ4v) is 2.38. The molecule has 1 rings (SSSR count). The predicted octanol–water partition coefficient (Wildman–Crippen LogP) is 4.57. The van der Waals surface area contributed by atoms with Crippen LogP contribution in [0.25, 0.3) is 0 Å². The number of rotatable bonds is 9. The molecule has 0 fully saturated rings. The van der Waals surface area contributed by atoms with Crippen LogP contribution in [0.4, 0.5) is 4.79 Å². The summed E-state index contributed by atoms with van der Waals surface area (Å²) in [4.78, 5) is 29.9. The molecule has 1 atom stereocenters. The van der Waals surface area contributed by atoms with Gasteiger partial charge in [0.2, 0.25) is 5.90 Å². The molecule has 0 unspecified atom stereocenters. The molecule has 0 aliphatic heterocycles. The zero-order chi connectivity index (χ0) is 23.5. The van der Waals surface area contributed by atoms with E-state index >= 15 is 0 Å². The van der Waals surface area contributed by atoms with Gasteiger partial charge in [-0.2, -0.15) is 0 Å². The molecule has 1 aromatic rings. The number of benzene rings is 1. The molecular formula is C23H36N2O6. The molecular weight excluding hydrogens is 400 g/mol. The van der Waals surface area contributed by atoms with Crippen molar-refractivity contribution in [2.75, 3.05) is 6.61 Å². The minimum Gasteiger partial charge on any atom is -0.479 e.